The summed E-state index contributed by atoms with van der Waals surface area (Å²) < 4.78 is 25.9. The predicted molar refractivity (Wildman–Crippen MR) is 114 cm³/mol. The summed E-state index contributed by atoms with van der Waals surface area (Å²) in [6.45, 7) is 7.42. The Morgan fingerprint density at radius 3 is 2.50 bits per heavy atom. The van der Waals surface area contributed by atoms with E-state index < -0.39 is 58.2 Å². The average Bonchev–Trinajstić information content (AvgIpc) is 3.11. The highest BCUT2D eigenvalue weighted by atomic mass is 19.1. The summed E-state index contributed by atoms with van der Waals surface area (Å²) in [7, 11) is 0. The first-order chi connectivity index (χ1) is 15.1. The lowest BCUT2D eigenvalue weighted by Crippen LogP contribution is -2.51. The standard InChI is InChI=1S/C23H31FN2O6/c1-5-31-22(28)20-17(23(2,3)4)19(26(29)30)18(14-10-6-7-11-15(14)24)25(20)21(27)16-12-8-9-13-32-16/h6-7,10-11,16-20H,5,8-9,12-13H2,1-4H3/t16-,17+,18+,19+,20+/m1/s1. The number of esters is 1. The molecule has 32 heavy (non-hydrogen) atoms. The molecule has 2 heterocycles. The number of benzene rings is 1. The van der Waals surface area contributed by atoms with Crippen molar-refractivity contribution in [1.82, 2.24) is 4.90 Å². The molecule has 0 radical (unpaired) electrons. The van der Waals surface area contributed by atoms with E-state index in [1.807, 2.05) is 0 Å². The van der Waals surface area contributed by atoms with E-state index in [2.05, 4.69) is 0 Å². The van der Waals surface area contributed by atoms with Gasteiger partial charge in [0, 0.05) is 17.1 Å². The molecular weight excluding hydrogens is 419 g/mol. The third-order valence-corrected chi connectivity index (χ3v) is 6.34. The topological polar surface area (TPSA) is 99.0 Å². The number of ether oxygens (including phenoxy) is 2. The van der Waals surface area contributed by atoms with Crippen molar-refractivity contribution in [2.75, 3.05) is 13.2 Å². The molecule has 0 N–H and O–H groups in total. The van der Waals surface area contributed by atoms with E-state index in [1.165, 1.54) is 23.1 Å². The summed E-state index contributed by atoms with van der Waals surface area (Å²) in [5, 5.41) is 12.4. The zero-order valence-electron chi connectivity index (χ0n) is 19.0. The molecule has 5 atom stereocenters. The fraction of sp³-hybridized carbons (Fsp3) is 0.652. The van der Waals surface area contributed by atoms with Crippen molar-refractivity contribution in [3.05, 3.63) is 45.8 Å². The minimum absolute atomic E-state index is 0.0133. The van der Waals surface area contributed by atoms with Crippen LogP contribution >= 0.6 is 0 Å². The van der Waals surface area contributed by atoms with Crippen molar-refractivity contribution in [2.24, 2.45) is 11.3 Å². The molecule has 1 aromatic rings. The summed E-state index contributed by atoms with van der Waals surface area (Å²) in [6, 6.07) is 1.81. The summed E-state index contributed by atoms with van der Waals surface area (Å²) in [5.74, 6) is -2.81. The molecule has 0 unspecified atom stereocenters. The Balaban J connectivity index is 2.23. The third-order valence-electron chi connectivity index (χ3n) is 6.34. The molecule has 8 nitrogen and oxygen atoms in total. The first-order valence-corrected chi connectivity index (χ1v) is 11.1. The molecule has 3 rings (SSSR count). The van der Waals surface area contributed by atoms with E-state index in [-0.39, 0.29) is 12.2 Å². The van der Waals surface area contributed by atoms with Gasteiger partial charge < -0.3 is 14.4 Å². The van der Waals surface area contributed by atoms with Gasteiger partial charge in [-0.05, 0) is 37.7 Å². The van der Waals surface area contributed by atoms with Crippen molar-refractivity contribution >= 4 is 11.9 Å². The molecule has 0 aliphatic carbocycles. The molecular formula is C23H31FN2O6. The molecule has 2 saturated heterocycles. The van der Waals surface area contributed by atoms with Crippen LogP contribution in [0.15, 0.2) is 24.3 Å². The first-order valence-electron chi connectivity index (χ1n) is 11.1. The van der Waals surface area contributed by atoms with Gasteiger partial charge >= 0.3 is 5.97 Å². The lowest BCUT2D eigenvalue weighted by Gasteiger charge is -2.35. The van der Waals surface area contributed by atoms with E-state index >= 15 is 0 Å². The second kappa shape index (κ2) is 9.52. The van der Waals surface area contributed by atoms with Gasteiger partial charge in [-0.25, -0.2) is 9.18 Å². The largest absolute Gasteiger partial charge is 0.464 e. The average molecular weight is 451 g/mol. The molecule has 0 aromatic heterocycles. The Morgan fingerprint density at radius 2 is 1.97 bits per heavy atom. The molecule has 0 spiro atoms. The Kier molecular flexibility index (Phi) is 7.17. The second-order valence-corrected chi connectivity index (χ2v) is 9.43. The fourth-order valence-electron chi connectivity index (χ4n) is 5.04. The van der Waals surface area contributed by atoms with E-state index in [9.17, 15) is 24.1 Å². The first kappa shape index (κ1) is 24.1. The summed E-state index contributed by atoms with van der Waals surface area (Å²) in [6.07, 6.45) is 1.18. The number of halogens is 1. The van der Waals surface area contributed by atoms with Crippen LogP contribution in [0.4, 0.5) is 4.39 Å². The monoisotopic (exact) mass is 450 g/mol. The minimum atomic E-state index is -1.39. The molecule has 1 aromatic carbocycles. The second-order valence-electron chi connectivity index (χ2n) is 9.43. The highest BCUT2D eigenvalue weighted by Gasteiger charge is 2.65. The number of carbonyl (C=O) groups is 2. The van der Waals surface area contributed by atoms with E-state index in [0.717, 1.165) is 12.8 Å². The Bertz CT molecular complexity index is 864. The van der Waals surface area contributed by atoms with Crippen molar-refractivity contribution in [3.63, 3.8) is 0 Å². The number of rotatable bonds is 5. The normalized spacial score (nSPS) is 28.4. The lowest BCUT2D eigenvalue weighted by atomic mass is 9.73. The number of hydrogen-bond donors (Lipinski definition) is 0. The number of amides is 1. The number of nitro groups is 1. The maximum atomic E-state index is 14.9. The van der Waals surface area contributed by atoms with Crippen LogP contribution in [0, 0.1) is 27.3 Å². The smallest absolute Gasteiger partial charge is 0.329 e. The third kappa shape index (κ3) is 4.48. The van der Waals surface area contributed by atoms with E-state index in [0.29, 0.717) is 13.0 Å². The van der Waals surface area contributed by atoms with Crippen LogP contribution in [0.25, 0.3) is 0 Å². The highest BCUT2D eigenvalue weighted by Crippen LogP contribution is 2.50. The van der Waals surface area contributed by atoms with Gasteiger partial charge in [-0.1, -0.05) is 39.0 Å². The van der Waals surface area contributed by atoms with Gasteiger partial charge in [0.2, 0.25) is 6.04 Å². The van der Waals surface area contributed by atoms with Crippen LogP contribution < -0.4 is 0 Å². The van der Waals surface area contributed by atoms with Crippen molar-refractivity contribution < 1.29 is 28.4 Å². The van der Waals surface area contributed by atoms with Gasteiger partial charge in [-0.3, -0.25) is 14.9 Å². The molecule has 2 aliphatic rings. The molecule has 2 fully saturated rings. The lowest BCUT2D eigenvalue weighted by molar-refractivity contribution is -0.536. The summed E-state index contributed by atoms with van der Waals surface area (Å²) >= 11 is 0. The van der Waals surface area contributed by atoms with Crippen LogP contribution in [0.2, 0.25) is 0 Å². The van der Waals surface area contributed by atoms with Crippen LogP contribution in [0.1, 0.15) is 58.6 Å². The Morgan fingerprint density at radius 1 is 1.28 bits per heavy atom. The van der Waals surface area contributed by atoms with Gasteiger partial charge in [0.15, 0.2) is 0 Å². The number of carbonyl (C=O) groups excluding carboxylic acids is 2. The number of nitrogens with zero attached hydrogens (tertiary/aromatic N) is 2. The zero-order chi connectivity index (χ0) is 23.6. The molecule has 0 bridgehead atoms. The van der Waals surface area contributed by atoms with Crippen molar-refractivity contribution in [1.29, 1.82) is 0 Å². The zero-order valence-corrected chi connectivity index (χ0v) is 19.0. The van der Waals surface area contributed by atoms with Gasteiger partial charge in [0.1, 0.15) is 24.0 Å². The Labute approximate surface area is 187 Å². The van der Waals surface area contributed by atoms with Gasteiger partial charge in [0.25, 0.3) is 5.91 Å². The van der Waals surface area contributed by atoms with Crippen LogP contribution in [-0.4, -0.2) is 53.1 Å². The maximum Gasteiger partial charge on any atom is 0.329 e. The van der Waals surface area contributed by atoms with Crippen LogP contribution in [0.5, 0.6) is 0 Å². The molecule has 2 aliphatic heterocycles. The quantitative estimate of drug-likeness (QED) is 0.387. The van der Waals surface area contributed by atoms with Gasteiger partial charge in [-0.2, -0.15) is 0 Å². The SMILES string of the molecule is CCOC(=O)[C@@H]1[C@@H](C(C)(C)C)[C@H]([N+](=O)[O-])[C@H](c2ccccc2F)N1C(=O)[C@H]1CCCCO1. The van der Waals surface area contributed by atoms with Crippen LogP contribution in [0.3, 0.4) is 0 Å². The number of likely N-dealkylation sites (tertiary alicyclic amines) is 1. The molecule has 9 heteroatoms. The van der Waals surface area contributed by atoms with E-state index in [1.54, 1.807) is 33.8 Å². The molecule has 0 saturated carbocycles. The fourth-order valence-corrected chi connectivity index (χ4v) is 5.04. The summed E-state index contributed by atoms with van der Waals surface area (Å²) in [5.41, 5.74) is -0.736. The minimum Gasteiger partial charge on any atom is -0.464 e. The Hall–Kier alpha value is -2.55. The highest BCUT2D eigenvalue weighted by molar-refractivity contribution is 5.89. The van der Waals surface area contributed by atoms with Crippen LogP contribution in [-0.2, 0) is 19.1 Å². The van der Waals surface area contributed by atoms with Gasteiger partial charge in [-0.15, -0.1) is 0 Å². The number of hydrogen-bond acceptors (Lipinski definition) is 6. The summed E-state index contributed by atoms with van der Waals surface area (Å²) in [4.78, 5) is 39.9. The molecule has 1 amide bonds. The van der Waals surface area contributed by atoms with Crippen molar-refractivity contribution in [3.8, 4) is 0 Å². The van der Waals surface area contributed by atoms with Crippen molar-refractivity contribution in [2.45, 2.75) is 71.2 Å². The van der Waals surface area contributed by atoms with E-state index in [4.69, 9.17) is 9.47 Å². The predicted octanol–water partition coefficient (Wildman–Crippen LogP) is 3.52. The maximum absolute atomic E-state index is 14.9. The van der Waals surface area contributed by atoms with Gasteiger partial charge in [0.05, 0.1) is 12.5 Å². The molecule has 176 valence electrons.